The smallest absolute Gasteiger partial charge is 0.255 e. The highest BCUT2D eigenvalue weighted by Gasteiger charge is 2.34. The molecule has 1 amide bonds. The fourth-order valence-corrected chi connectivity index (χ4v) is 4.15. The predicted octanol–water partition coefficient (Wildman–Crippen LogP) is 3.59. The van der Waals surface area contributed by atoms with E-state index in [1.807, 2.05) is 36.4 Å². The Hall–Kier alpha value is -2.33. The first kappa shape index (κ1) is 17.1. The van der Waals surface area contributed by atoms with Crippen LogP contribution in [0.2, 0.25) is 0 Å². The fourth-order valence-electron chi connectivity index (χ4n) is 4.15. The molecule has 2 heterocycles. The molecule has 4 heteroatoms. The zero-order chi connectivity index (χ0) is 17.9. The summed E-state index contributed by atoms with van der Waals surface area (Å²) in [5.41, 5.74) is 2.95. The van der Waals surface area contributed by atoms with Crippen LogP contribution in [-0.4, -0.2) is 24.0 Å². The second kappa shape index (κ2) is 7.50. The van der Waals surface area contributed by atoms with Crippen LogP contribution in [0.4, 0.5) is 0 Å². The van der Waals surface area contributed by atoms with Gasteiger partial charge in [-0.3, -0.25) is 4.79 Å². The Morgan fingerprint density at radius 3 is 2.54 bits per heavy atom. The second-order valence-electron chi connectivity index (χ2n) is 7.49. The Morgan fingerprint density at radius 1 is 1.08 bits per heavy atom. The summed E-state index contributed by atoms with van der Waals surface area (Å²) in [5.74, 6) is 0.613. The van der Waals surface area contributed by atoms with Gasteiger partial charge in [0.05, 0.1) is 5.56 Å². The van der Waals surface area contributed by atoms with Crippen LogP contribution in [0.15, 0.2) is 48.5 Å². The van der Waals surface area contributed by atoms with E-state index < -0.39 is 0 Å². The van der Waals surface area contributed by atoms with E-state index in [1.54, 1.807) is 0 Å². The van der Waals surface area contributed by atoms with Gasteiger partial charge in [-0.25, -0.2) is 0 Å². The van der Waals surface area contributed by atoms with Gasteiger partial charge < -0.3 is 15.4 Å². The minimum Gasteiger partial charge on any atom is -0.488 e. The van der Waals surface area contributed by atoms with Gasteiger partial charge in [0, 0.05) is 18.1 Å². The van der Waals surface area contributed by atoms with E-state index in [1.165, 1.54) is 18.4 Å². The molecule has 0 aromatic heterocycles. The maximum absolute atomic E-state index is 12.8. The van der Waals surface area contributed by atoms with Gasteiger partial charge in [0.1, 0.15) is 12.4 Å². The van der Waals surface area contributed by atoms with Gasteiger partial charge in [-0.2, -0.15) is 0 Å². The maximum atomic E-state index is 12.8. The summed E-state index contributed by atoms with van der Waals surface area (Å²) in [6, 6.07) is 17.1. The zero-order valence-electron chi connectivity index (χ0n) is 15.2. The van der Waals surface area contributed by atoms with Crippen LogP contribution in [0.1, 0.15) is 47.2 Å². The molecule has 2 atom stereocenters. The van der Waals surface area contributed by atoms with Crippen LogP contribution in [0.3, 0.4) is 0 Å². The molecule has 2 unspecified atom stereocenters. The largest absolute Gasteiger partial charge is 0.488 e. The topological polar surface area (TPSA) is 50.4 Å². The highest BCUT2D eigenvalue weighted by molar-refractivity contribution is 5.97. The quantitative estimate of drug-likeness (QED) is 0.866. The van der Waals surface area contributed by atoms with Gasteiger partial charge in [0.25, 0.3) is 5.91 Å². The minimum absolute atomic E-state index is 0.0308. The second-order valence-corrected chi connectivity index (χ2v) is 7.49. The molecule has 2 aromatic rings. The summed E-state index contributed by atoms with van der Waals surface area (Å²) in [7, 11) is 0. The Labute approximate surface area is 155 Å². The number of amides is 1. The molecular weight excluding hydrogens is 324 g/mol. The van der Waals surface area contributed by atoms with Gasteiger partial charge in [-0.1, -0.05) is 36.4 Å². The van der Waals surface area contributed by atoms with Gasteiger partial charge in [0.2, 0.25) is 0 Å². The van der Waals surface area contributed by atoms with Gasteiger partial charge >= 0.3 is 0 Å². The van der Waals surface area contributed by atoms with Crippen molar-refractivity contribution in [1.82, 2.24) is 10.6 Å². The molecule has 2 N–H and O–H groups in total. The van der Waals surface area contributed by atoms with E-state index in [4.69, 9.17) is 4.74 Å². The molecule has 0 aliphatic carbocycles. The number of carbonyl (C=O) groups is 1. The summed E-state index contributed by atoms with van der Waals surface area (Å²) in [4.78, 5) is 12.8. The number of ether oxygens (including phenoxy) is 1. The summed E-state index contributed by atoms with van der Waals surface area (Å²) >= 11 is 0. The molecule has 0 spiro atoms. The number of para-hydroxylation sites is 1. The molecular formula is C22H26N2O2. The molecule has 4 rings (SSSR count). The number of rotatable bonds is 5. The molecule has 2 aliphatic rings. The molecule has 2 saturated heterocycles. The van der Waals surface area contributed by atoms with E-state index in [-0.39, 0.29) is 11.9 Å². The standard InChI is InChI=1S/C22H26N2O2/c1-15-6-2-3-7-16(15)14-26-21-9-5-4-8-20(21)22(25)24-19-12-17-10-11-18(13-19)23-17/h2-9,17-19,23H,10-14H2,1H3,(H,24,25). The summed E-state index contributed by atoms with van der Waals surface area (Å²) < 4.78 is 6.00. The molecule has 26 heavy (non-hydrogen) atoms. The lowest BCUT2D eigenvalue weighted by molar-refractivity contribution is 0.0919. The van der Waals surface area contributed by atoms with Crippen molar-refractivity contribution in [2.45, 2.75) is 57.3 Å². The van der Waals surface area contributed by atoms with Crippen molar-refractivity contribution >= 4 is 5.91 Å². The van der Waals surface area contributed by atoms with Crippen molar-refractivity contribution in [2.75, 3.05) is 0 Å². The van der Waals surface area contributed by atoms with Gasteiger partial charge in [-0.15, -0.1) is 0 Å². The molecule has 4 nitrogen and oxygen atoms in total. The number of carbonyl (C=O) groups excluding carboxylic acids is 1. The first-order chi connectivity index (χ1) is 12.7. The van der Waals surface area contributed by atoms with Crippen molar-refractivity contribution in [1.29, 1.82) is 0 Å². The van der Waals surface area contributed by atoms with E-state index >= 15 is 0 Å². The third-order valence-electron chi connectivity index (χ3n) is 5.58. The number of aryl methyl sites for hydroxylation is 1. The van der Waals surface area contributed by atoms with E-state index in [9.17, 15) is 4.79 Å². The Balaban J connectivity index is 1.43. The van der Waals surface area contributed by atoms with Crippen molar-refractivity contribution in [2.24, 2.45) is 0 Å². The SMILES string of the molecule is Cc1ccccc1COc1ccccc1C(=O)NC1CC2CCC(C1)N2. The van der Waals surface area contributed by atoms with Crippen molar-refractivity contribution in [3.8, 4) is 5.75 Å². The number of piperidine rings is 1. The summed E-state index contributed by atoms with van der Waals surface area (Å²) in [6.45, 7) is 2.54. The minimum atomic E-state index is -0.0308. The Bertz CT molecular complexity index is 777. The molecule has 2 fully saturated rings. The number of hydrogen-bond acceptors (Lipinski definition) is 3. The first-order valence-corrected chi connectivity index (χ1v) is 9.52. The summed E-state index contributed by atoms with van der Waals surface area (Å²) in [6.07, 6.45) is 4.50. The molecule has 2 aliphatic heterocycles. The van der Waals surface area contributed by atoms with E-state index in [0.717, 1.165) is 18.4 Å². The Morgan fingerprint density at radius 2 is 1.77 bits per heavy atom. The first-order valence-electron chi connectivity index (χ1n) is 9.52. The lowest BCUT2D eigenvalue weighted by Gasteiger charge is -2.29. The van der Waals surface area contributed by atoms with Crippen LogP contribution in [0.25, 0.3) is 0 Å². The van der Waals surface area contributed by atoms with Crippen LogP contribution in [0.5, 0.6) is 5.75 Å². The molecule has 2 aromatic carbocycles. The average Bonchev–Trinajstić information content (AvgIpc) is 2.99. The van der Waals surface area contributed by atoms with E-state index in [0.29, 0.717) is 30.0 Å². The Kier molecular flexibility index (Phi) is 4.93. The molecule has 136 valence electrons. The van der Waals surface area contributed by atoms with Gasteiger partial charge in [0.15, 0.2) is 0 Å². The third kappa shape index (κ3) is 3.75. The van der Waals surface area contributed by atoms with Crippen molar-refractivity contribution in [3.63, 3.8) is 0 Å². The maximum Gasteiger partial charge on any atom is 0.255 e. The summed E-state index contributed by atoms with van der Waals surface area (Å²) in [5, 5.41) is 6.84. The van der Waals surface area contributed by atoms with Crippen LogP contribution >= 0.6 is 0 Å². The van der Waals surface area contributed by atoms with Crippen molar-refractivity contribution < 1.29 is 9.53 Å². The van der Waals surface area contributed by atoms with Crippen LogP contribution < -0.4 is 15.4 Å². The predicted molar refractivity (Wildman–Crippen MR) is 102 cm³/mol. The third-order valence-corrected chi connectivity index (χ3v) is 5.58. The lowest BCUT2D eigenvalue weighted by atomic mass is 9.99. The monoisotopic (exact) mass is 350 g/mol. The zero-order valence-corrected chi connectivity index (χ0v) is 15.2. The van der Waals surface area contributed by atoms with Crippen LogP contribution in [-0.2, 0) is 6.61 Å². The van der Waals surface area contributed by atoms with Crippen LogP contribution in [0, 0.1) is 6.92 Å². The normalized spacial score (nSPS) is 24.3. The molecule has 2 bridgehead atoms. The van der Waals surface area contributed by atoms with Gasteiger partial charge in [-0.05, 0) is 55.9 Å². The van der Waals surface area contributed by atoms with E-state index in [2.05, 4.69) is 29.7 Å². The van der Waals surface area contributed by atoms with Crippen molar-refractivity contribution in [3.05, 3.63) is 65.2 Å². The number of benzene rings is 2. The molecule has 0 radical (unpaired) electrons. The number of hydrogen-bond donors (Lipinski definition) is 2. The highest BCUT2D eigenvalue weighted by Crippen LogP contribution is 2.27. The number of nitrogens with one attached hydrogen (secondary N) is 2. The highest BCUT2D eigenvalue weighted by atomic mass is 16.5. The fraction of sp³-hybridized carbons (Fsp3) is 0.409. The molecule has 0 saturated carbocycles. The average molecular weight is 350 g/mol. The number of fused-ring (bicyclic) bond motifs is 2. The lowest BCUT2D eigenvalue weighted by Crippen LogP contribution is -2.48.